The van der Waals surface area contributed by atoms with Crippen molar-refractivity contribution in [2.45, 2.75) is 24.2 Å². The molecule has 0 aromatic rings. The smallest absolute Gasteiger partial charge is 0.331 e. The number of carboxylic acid groups (broad SMARTS) is 1. The molecule has 0 heterocycles. The molecule has 6 heteroatoms. The molecule has 0 aromatic carbocycles. The molecule has 84 valence electrons. The Kier molecular flexibility index (Phi) is 3.99. The van der Waals surface area contributed by atoms with Gasteiger partial charge in [0, 0.05) is 0 Å². The van der Waals surface area contributed by atoms with Crippen LogP contribution in [-0.2, 0) is 4.79 Å². The largest absolute Gasteiger partial charge is 0.480 e. The normalized spacial score (nSPS) is 21.7. The van der Waals surface area contributed by atoms with E-state index < -0.39 is 17.3 Å². The van der Waals surface area contributed by atoms with Crippen molar-refractivity contribution in [3.8, 4) is 0 Å². The lowest BCUT2D eigenvalue weighted by Crippen LogP contribution is -2.62. The van der Waals surface area contributed by atoms with Crippen molar-refractivity contribution >= 4 is 15.2 Å². The summed E-state index contributed by atoms with van der Waals surface area (Å²) in [7, 11) is 2.17. The topological polar surface area (TPSA) is 101 Å². The van der Waals surface area contributed by atoms with Crippen LogP contribution in [0.5, 0.6) is 0 Å². The summed E-state index contributed by atoms with van der Waals surface area (Å²) in [6, 6.07) is -0.657. The molecule has 0 spiro atoms. The molecule has 0 saturated carbocycles. The molecular formula is C9H16N3O2P. The van der Waals surface area contributed by atoms with Crippen LogP contribution in [-0.4, -0.2) is 22.4 Å². The van der Waals surface area contributed by atoms with E-state index >= 15 is 0 Å². The van der Waals surface area contributed by atoms with Crippen molar-refractivity contribution in [1.82, 2.24) is 5.43 Å². The average Bonchev–Trinajstić information content (AvgIpc) is 2.28. The summed E-state index contributed by atoms with van der Waals surface area (Å²) in [5.41, 5.74) is 9.02. The first-order valence-corrected chi connectivity index (χ1v) is 5.21. The summed E-state index contributed by atoms with van der Waals surface area (Å²) in [5, 5.41) is 7.64. The number of nitrogens with two attached hydrogens (primary N) is 2. The summed E-state index contributed by atoms with van der Waals surface area (Å²) in [5.74, 6) is 4.15. The number of aliphatic carboxylic acids is 1. The summed E-state index contributed by atoms with van der Waals surface area (Å²) in [6.45, 7) is 0. The van der Waals surface area contributed by atoms with Crippen LogP contribution in [0.3, 0.4) is 0 Å². The third kappa shape index (κ3) is 2.44. The Bertz CT molecular complexity index is 316. The van der Waals surface area contributed by atoms with Gasteiger partial charge in [-0.3, -0.25) is 5.84 Å². The van der Waals surface area contributed by atoms with Crippen LogP contribution in [0.25, 0.3) is 0 Å². The lowest BCUT2D eigenvalue weighted by Gasteiger charge is -2.32. The zero-order valence-corrected chi connectivity index (χ0v) is 9.47. The van der Waals surface area contributed by atoms with Gasteiger partial charge in [-0.15, -0.1) is 9.24 Å². The molecule has 1 aliphatic carbocycles. The second-order valence-corrected chi connectivity index (χ2v) is 4.42. The van der Waals surface area contributed by atoms with Crippen molar-refractivity contribution in [2.75, 3.05) is 0 Å². The molecule has 0 bridgehead atoms. The quantitative estimate of drug-likeness (QED) is 0.301. The second-order valence-electron chi connectivity index (χ2n) is 3.50. The zero-order chi connectivity index (χ0) is 11.5. The predicted octanol–water partition coefficient (Wildman–Crippen LogP) is -0.291. The van der Waals surface area contributed by atoms with E-state index in [1.54, 1.807) is 0 Å². The van der Waals surface area contributed by atoms with E-state index in [4.69, 9.17) is 16.7 Å². The van der Waals surface area contributed by atoms with E-state index in [0.29, 0.717) is 0 Å². The first kappa shape index (κ1) is 12.3. The van der Waals surface area contributed by atoms with Crippen LogP contribution in [0.4, 0.5) is 0 Å². The van der Waals surface area contributed by atoms with Crippen LogP contribution in [0.1, 0.15) is 12.8 Å². The fourth-order valence-electron chi connectivity index (χ4n) is 1.46. The van der Waals surface area contributed by atoms with E-state index in [1.807, 2.05) is 18.2 Å². The molecule has 5 nitrogen and oxygen atoms in total. The summed E-state index contributed by atoms with van der Waals surface area (Å²) in [6.07, 6.45) is 7.37. The molecule has 0 amide bonds. The third-order valence-corrected chi connectivity index (χ3v) is 3.30. The zero-order valence-electron chi connectivity index (χ0n) is 8.31. The summed E-state index contributed by atoms with van der Waals surface area (Å²) in [4.78, 5) is 11.0. The predicted molar refractivity (Wildman–Crippen MR) is 61.8 cm³/mol. The second kappa shape index (κ2) is 4.86. The molecular weight excluding hydrogens is 213 g/mol. The van der Waals surface area contributed by atoms with Gasteiger partial charge in [-0.1, -0.05) is 23.8 Å². The van der Waals surface area contributed by atoms with E-state index in [1.165, 1.54) is 0 Å². The van der Waals surface area contributed by atoms with Crippen LogP contribution in [0, 0.1) is 0 Å². The Labute approximate surface area is 90.8 Å². The molecule has 3 atom stereocenters. The number of allylic oxidation sites excluding steroid dienone is 3. The van der Waals surface area contributed by atoms with Gasteiger partial charge < -0.3 is 10.8 Å². The van der Waals surface area contributed by atoms with Gasteiger partial charge >= 0.3 is 5.97 Å². The molecule has 0 fully saturated rings. The van der Waals surface area contributed by atoms with Gasteiger partial charge in [0.1, 0.15) is 0 Å². The van der Waals surface area contributed by atoms with Gasteiger partial charge in [0.15, 0.2) is 5.28 Å². The van der Waals surface area contributed by atoms with Crippen molar-refractivity contribution in [1.29, 1.82) is 0 Å². The van der Waals surface area contributed by atoms with Crippen LogP contribution < -0.4 is 17.0 Å². The highest BCUT2D eigenvalue weighted by Gasteiger charge is 2.40. The number of nitrogens with one attached hydrogen (secondary N) is 1. The Morgan fingerprint density at radius 1 is 1.73 bits per heavy atom. The molecule has 1 aliphatic rings. The van der Waals surface area contributed by atoms with Crippen molar-refractivity contribution in [3.05, 3.63) is 23.8 Å². The molecule has 1 unspecified atom stereocenters. The number of hydrogen-bond donors (Lipinski definition) is 4. The molecule has 0 aromatic heterocycles. The summed E-state index contributed by atoms with van der Waals surface area (Å²) < 4.78 is 0. The fourth-order valence-corrected chi connectivity index (χ4v) is 1.67. The lowest BCUT2D eigenvalue weighted by atomic mass is 9.93. The van der Waals surface area contributed by atoms with Crippen LogP contribution >= 0.6 is 9.24 Å². The number of carbonyl (C=O) groups is 1. The van der Waals surface area contributed by atoms with Gasteiger partial charge in [0.2, 0.25) is 0 Å². The SMILES string of the molecule is NN[C@](P)(C(=O)O)[C@H](N)C1=CC=CCC1. The van der Waals surface area contributed by atoms with E-state index in [2.05, 4.69) is 14.7 Å². The van der Waals surface area contributed by atoms with Gasteiger partial charge in [0.25, 0.3) is 0 Å². The Morgan fingerprint density at radius 2 is 2.40 bits per heavy atom. The average molecular weight is 229 g/mol. The van der Waals surface area contributed by atoms with Crippen LogP contribution in [0.2, 0.25) is 0 Å². The molecule has 0 saturated heterocycles. The maximum Gasteiger partial charge on any atom is 0.331 e. The molecule has 0 radical (unpaired) electrons. The standard InChI is InChI=1S/C9H16N3O2P/c10-7(6-4-2-1-3-5-6)9(15,12-11)8(13)14/h1-2,4,7,12H,3,5,10-11,15H2,(H,13,14)/t7-,9-/m1/s1. The molecule has 0 aliphatic heterocycles. The summed E-state index contributed by atoms with van der Waals surface area (Å²) >= 11 is 0. The highest BCUT2D eigenvalue weighted by molar-refractivity contribution is 7.21. The highest BCUT2D eigenvalue weighted by Crippen LogP contribution is 2.26. The van der Waals surface area contributed by atoms with Gasteiger partial charge in [-0.25, -0.2) is 10.2 Å². The van der Waals surface area contributed by atoms with Crippen LogP contribution in [0.15, 0.2) is 23.8 Å². The van der Waals surface area contributed by atoms with Gasteiger partial charge in [-0.2, -0.15) is 0 Å². The lowest BCUT2D eigenvalue weighted by molar-refractivity contribution is -0.141. The molecule has 1 rings (SSSR count). The minimum absolute atomic E-state index is 0.657. The number of hydrogen-bond acceptors (Lipinski definition) is 4. The Balaban J connectivity index is 2.90. The first-order chi connectivity index (χ1) is 7.02. The van der Waals surface area contributed by atoms with E-state index in [0.717, 1.165) is 18.4 Å². The third-order valence-electron chi connectivity index (χ3n) is 2.53. The number of hydrazine groups is 1. The van der Waals surface area contributed by atoms with E-state index in [-0.39, 0.29) is 0 Å². The van der Waals surface area contributed by atoms with Crippen molar-refractivity contribution in [2.24, 2.45) is 11.6 Å². The van der Waals surface area contributed by atoms with E-state index in [9.17, 15) is 4.79 Å². The van der Waals surface area contributed by atoms with Gasteiger partial charge in [-0.05, 0) is 12.8 Å². The Morgan fingerprint density at radius 3 is 2.80 bits per heavy atom. The fraction of sp³-hybridized carbons (Fsp3) is 0.444. The van der Waals surface area contributed by atoms with Crippen molar-refractivity contribution in [3.63, 3.8) is 0 Å². The first-order valence-electron chi connectivity index (χ1n) is 4.63. The maximum absolute atomic E-state index is 11.0. The highest BCUT2D eigenvalue weighted by atomic mass is 31.0. The minimum atomic E-state index is -1.41. The van der Waals surface area contributed by atoms with Gasteiger partial charge in [0.05, 0.1) is 6.04 Å². The minimum Gasteiger partial charge on any atom is -0.480 e. The van der Waals surface area contributed by atoms with Crippen molar-refractivity contribution < 1.29 is 9.90 Å². The Hall–Kier alpha value is -0.740. The number of rotatable bonds is 4. The molecule has 15 heavy (non-hydrogen) atoms. The number of carboxylic acids is 1. The monoisotopic (exact) mass is 229 g/mol. The maximum atomic E-state index is 11.0. The molecule has 6 N–H and O–H groups in total.